The van der Waals surface area contributed by atoms with Crippen LogP contribution in [-0.2, 0) is 14.4 Å². The first kappa shape index (κ1) is 17.9. The van der Waals surface area contributed by atoms with Crippen molar-refractivity contribution in [2.75, 3.05) is 49.9 Å². The molecule has 1 saturated heterocycles. The van der Waals surface area contributed by atoms with Gasteiger partial charge in [0.1, 0.15) is 0 Å². The van der Waals surface area contributed by atoms with Crippen LogP contribution in [0.15, 0.2) is 24.3 Å². The number of carbonyl (C=O) groups is 3. The molecule has 0 unspecified atom stereocenters. The lowest BCUT2D eigenvalue weighted by Gasteiger charge is -2.26. The van der Waals surface area contributed by atoms with Crippen LogP contribution in [0, 0.1) is 0 Å². The lowest BCUT2D eigenvalue weighted by molar-refractivity contribution is -0.136. The van der Waals surface area contributed by atoms with Crippen LogP contribution >= 0.6 is 0 Å². The summed E-state index contributed by atoms with van der Waals surface area (Å²) in [7, 11) is 0. The summed E-state index contributed by atoms with van der Waals surface area (Å²) in [6.07, 6.45) is 0. The third-order valence-corrected chi connectivity index (χ3v) is 3.57. The van der Waals surface area contributed by atoms with Crippen LogP contribution in [0.2, 0.25) is 0 Å². The van der Waals surface area contributed by atoms with Crippen molar-refractivity contribution < 1.29 is 14.4 Å². The van der Waals surface area contributed by atoms with E-state index in [1.54, 1.807) is 24.3 Å². The SMILES string of the molecule is CC(=O)Nc1cccc(NC(=O)C(=O)NCCN2CCNCC2)c1. The number of rotatable bonds is 5. The first-order chi connectivity index (χ1) is 11.5. The molecule has 4 N–H and O–H groups in total. The predicted molar refractivity (Wildman–Crippen MR) is 91.7 cm³/mol. The summed E-state index contributed by atoms with van der Waals surface area (Å²) in [4.78, 5) is 37.0. The fourth-order valence-corrected chi connectivity index (χ4v) is 2.41. The number of nitrogens with one attached hydrogen (secondary N) is 4. The van der Waals surface area contributed by atoms with Gasteiger partial charge in [-0.05, 0) is 18.2 Å². The number of piperazine rings is 1. The zero-order valence-corrected chi connectivity index (χ0v) is 13.7. The van der Waals surface area contributed by atoms with Crippen molar-refractivity contribution in [2.45, 2.75) is 6.92 Å². The van der Waals surface area contributed by atoms with Crippen LogP contribution in [-0.4, -0.2) is 61.9 Å². The summed E-state index contributed by atoms with van der Waals surface area (Å²) < 4.78 is 0. The van der Waals surface area contributed by atoms with Crippen LogP contribution in [0.3, 0.4) is 0 Å². The minimum Gasteiger partial charge on any atom is -0.347 e. The van der Waals surface area contributed by atoms with E-state index in [9.17, 15) is 14.4 Å². The van der Waals surface area contributed by atoms with Crippen molar-refractivity contribution in [3.63, 3.8) is 0 Å². The monoisotopic (exact) mass is 333 g/mol. The molecule has 24 heavy (non-hydrogen) atoms. The van der Waals surface area contributed by atoms with Crippen molar-refractivity contribution in [2.24, 2.45) is 0 Å². The molecule has 0 saturated carbocycles. The molecular formula is C16H23N5O3. The van der Waals surface area contributed by atoms with Gasteiger partial charge in [-0.3, -0.25) is 19.3 Å². The van der Waals surface area contributed by atoms with Gasteiger partial charge in [-0.2, -0.15) is 0 Å². The Kier molecular flexibility index (Phi) is 6.71. The highest BCUT2D eigenvalue weighted by atomic mass is 16.2. The first-order valence-electron chi connectivity index (χ1n) is 7.94. The van der Waals surface area contributed by atoms with Gasteiger partial charge >= 0.3 is 11.8 Å². The Hall–Kier alpha value is -2.45. The van der Waals surface area contributed by atoms with E-state index in [1.165, 1.54) is 6.92 Å². The van der Waals surface area contributed by atoms with Crippen LogP contribution < -0.4 is 21.3 Å². The molecule has 1 aromatic carbocycles. The third kappa shape index (κ3) is 5.98. The largest absolute Gasteiger partial charge is 0.347 e. The van der Waals surface area contributed by atoms with E-state index in [0.29, 0.717) is 17.9 Å². The van der Waals surface area contributed by atoms with Gasteiger partial charge in [0.05, 0.1) is 0 Å². The van der Waals surface area contributed by atoms with E-state index in [0.717, 1.165) is 32.7 Å². The van der Waals surface area contributed by atoms with Gasteiger partial charge in [-0.25, -0.2) is 0 Å². The van der Waals surface area contributed by atoms with Gasteiger partial charge in [0.25, 0.3) is 0 Å². The highest BCUT2D eigenvalue weighted by Gasteiger charge is 2.15. The lowest BCUT2D eigenvalue weighted by atomic mass is 10.2. The van der Waals surface area contributed by atoms with Gasteiger partial charge in [0.2, 0.25) is 5.91 Å². The number of hydrogen-bond acceptors (Lipinski definition) is 5. The van der Waals surface area contributed by atoms with Crippen molar-refractivity contribution in [1.29, 1.82) is 0 Å². The number of anilines is 2. The average Bonchev–Trinajstić information content (AvgIpc) is 2.55. The Bertz CT molecular complexity index is 599. The fourth-order valence-electron chi connectivity index (χ4n) is 2.41. The molecule has 3 amide bonds. The van der Waals surface area contributed by atoms with E-state index >= 15 is 0 Å². The van der Waals surface area contributed by atoms with E-state index < -0.39 is 11.8 Å². The molecule has 130 valence electrons. The normalized spacial score (nSPS) is 14.7. The standard InChI is InChI=1S/C16H23N5O3/c1-12(22)19-13-3-2-4-14(11-13)20-16(24)15(23)18-7-10-21-8-5-17-6-9-21/h2-4,11,17H,5-10H2,1H3,(H,18,23)(H,19,22)(H,20,24). The summed E-state index contributed by atoms with van der Waals surface area (Å²) in [5, 5.41) is 11.0. The Morgan fingerprint density at radius 2 is 1.75 bits per heavy atom. The first-order valence-corrected chi connectivity index (χ1v) is 7.94. The molecule has 0 spiro atoms. The molecule has 0 aliphatic carbocycles. The maximum atomic E-state index is 11.9. The number of nitrogens with zero attached hydrogens (tertiary/aromatic N) is 1. The highest BCUT2D eigenvalue weighted by molar-refractivity contribution is 6.39. The average molecular weight is 333 g/mol. The number of carbonyl (C=O) groups excluding carboxylic acids is 3. The van der Waals surface area contributed by atoms with Gasteiger partial charge in [0, 0.05) is 57.6 Å². The second-order valence-electron chi connectivity index (χ2n) is 5.56. The number of amides is 3. The summed E-state index contributed by atoms with van der Waals surface area (Å²) in [6.45, 7) is 6.32. The minimum atomic E-state index is -0.727. The van der Waals surface area contributed by atoms with E-state index in [1.807, 2.05) is 0 Å². The predicted octanol–water partition coefficient (Wildman–Crippen LogP) is -0.395. The van der Waals surface area contributed by atoms with Crippen LogP contribution in [0.5, 0.6) is 0 Å². The van der Waals surface area contributed by atoms with Crippen molar-refractivity contribution in [3.05, 3.63) is 24.3 Å². The van der Waals surface area contributed by atoms with Crippen LogP contribution in [0.4, 0.5) is 11.4 Å². The quantitative estimate of drug-likeness (QED) is 0.550. The summed E-state index contributed by atoms with van der Waals surface area (Å²) in [6, 6.07) is 6.62. The number of benzene rings is 1. The van der Waals surface area contributed by atoms with Crippen molar-refractivity contribution >= 4 is 29.1 Å². The molecule has 1 aliphatic heterocycles. The minimum absolute atomic E-state index is 0.205. The number of hydrogen-bond donors (Lipinski definition) is 4. The molecule has 0 bridgehead atoms. The molecular weight excluding hydrogens is 310 g/mol. The zero-order chi connectivity index (χ0) is 17.4. The van der Waals surface area contributed by atoms with Gasteiger partial charge in [-0.15, -0.1) is 0 Å². The molecule has 1 aliphatic rings. The second-order valence-corrected chi connectivity index (χ2v) is 5.56. The molecule has 0 atom stereocenters. The van der Waals surface area contributed by atoms with E-state index in [2.05, 4.69) is 26.2 Å². The second kappa shape index (κ2) is 8.99. The van der Waals surface area contributed by atoms with Crippen LogP contribution in [0.1, 0.15) is 6.92 Å². The maximum Gasteiger partial charge on any atom is 0.313 e. The third-order valence-electron chi connectivity index (χ3n) is 3.57. The molecule has 0 radical (unpaired) electrons. The summed E-state index contributed by atoms with van der Waals surface area (Å²) in [5.41, 5.74) is 1.00. The lowest BCUT2D eigenvalue weighted by Crippen LogP contribution is -2.47. The smallest absolute Gasteiger partial charge is 0.313 e. The molecule has 8 heteroatoms. The Morgan fingerprint density at radius 1 is 1.08 bits per heavy atom. The molecule has 1 aromatic rings. The summed E-state index contributed by atoms with van der Waals surface area (Å²) >= 11 is 0. The Labute approximate surface area is 141 Å². The topological polar surface area (TPSA) is 103 Å². The maximum absolute atomic E-state index is 11.9. The zero-order valence-electron chi connectivity index (χ0n) is 13.7. The molecule has 8 nitrogen and oxygen atoms in total. The molecule has 1 heterocycles. The molecule has 1 fully saturated rings. The molecule has 0 aromatic heterocycles. The Morgan fingerprint density at radius 3 is 2.42 bits per heavy atom. The summed E-state index contributed by atoms with van der Waals surface area (Å²) in [5.74, 6) is -1.60. The van der Waals surface area contributed by atoms with Crippen molar-refractivity contribution in [3.8, 4) is 0 Å². The van der Waals surface area contributed by atoms with Gasteiger partial charge in [-0.1, -0.05) is 6.07 Å². The van der Waals surface area contributed by atoms with E-state index in [-0.39, 0.29) is 5.91 Å². The van der Waals surface area contributed by atoms with E-state index in [4.69, 9.17) is 0 Å². The molecule has 2 rings (SSSR count). The van der Waals surface area contributed by atoms with Crippen molar-refractivity contribution in [1.82, 2.24) is 15.5 Å². The van der Waals surface area contributed by atoms with Gasteiger partial charge in [0.15, 0.2) is 0 Å². The fraction of sp³-hybridized carbons (Fsp3) is 0.438. The van der Waals surface area contributed by atoms with Gasteiger partial charge < -0.3 is 21.3 Å². The highest BCUT2D eigenvalue weighted by Crippen LogP contribution is 2.14. The van der Waals surface area contributed by atoms with Crippen LogP contribution in [0.25, 0.3) is 0 Å². The Balaban J connectivity index is 1.76.